The number of benzene rings is 2. The Morgan fingerprint density at radius 2 is 1.02 bits per heavy atom. The lowest BCUT2D eigenvalue weighted by molar-refractivity contribution is -0.349. The van der Waals surface area contributed by atoms with Gasteiger partial charge in [-0.1, -0.05) is 89.1 Å². The summed E-state index contributed by atoms with van der Waals surface area (Å²) in [7, 11) is 0. The normalized spacial score (nSPS) is 32.1. The minimum Gasteiger partial charge on any atom is -0.349 e. The molecule has 0 N–H and O–H groups in total. The molecule has 6 unspecified atom stereocenters. The molecule has 2 saturated carbocycles. The van der Waals surface area contributed by atoms with Crippen LogP contribution in [0.3, 0.4) is 0 Å². The van der Waals surface area contributed by atoms with Gasteiger partial charge in [0.1, 0.15) is 0 Å². The molecule has 6 atom stereocenters. The lowest BCUT2D eigenvalue weighted by atomic mass is 9.63. The first-order chi connectivity index (χ1) is 25.8. The van der Waals surface area contributed by atoms with E-state index in [0.717, 1.165) is 37.5 Å². The second kappa shape index (κ2) is 17.5. The van der Waals surface area contributed by atoms with Crippen molar-refractivity contribution in [1.29, 1.82) is 0 Å². The molecule has 2 aromatic rings. The van der Waals surface area contributed by atoms with E-state index in [9.17, 15) is 26.3 Å². The van der Waals surface area contributed by atoms with E-state index in [2.05, 4.69) is 47.8 Å². The van der Waals surface area contributed by atoms with Crippen LogP contribution in [0.1, 0.15) is 109 Å². The van der Waals surface area contributed by atoms with E-state index in [1.54, 1.807) is 0 Å². The Morgan fingerprint density at radius 3 is 1.45 bits per heavy atom. The van der Waals surface area contributed by atoms with Gasteiger partial charge in [0.05, 0.1) is 37.6 Å². The minimum atomic E-state index is -4.60. The first kappa shape index (κ1) is 43.5. The van der Waals surface area contributed by atoms with Crippen molar-refractivity contribution in [2.75, 3.05) is 26.4 Å². The molecule has 306 valence electrons. The smallest absolute Gasteiger partial charge is 0.349 e. The SMILES string of the molecule is C=C(C)C1CCCC(C)C(C2(C3CC(C(=C)C)CCC3C)OCC(C)CO2)C1.CC1COC(c2cccc(C(F)(F)F)c2)(c2cccc(C(F)(F)F)c2)OC1. The molecular weight excluding hydrogens is 718 g/mol. The molecule has 2 saturated heterocycles. The van der Waals surface area contributed by atoms with Crippen LogP contribution in [0.5, 0.6) is 0 Å². The second-order valence-electron chi connectivity index (χ2n) is 17.2. The highest BCUT2D eigenvalue weighted by molar-refractivity contribution is 5.39. The number of halogens is 6. The van der Waals surface area contributed by atoms with Crippen LogP contribution < -0.4 is 0 Å². The van der Waals surface area contributed by atoms with Crippen LogP contribution in [0.2, 0.25) is 0 Å². The third-order valence-electron chi connectivity index (χ3n) is 12.5. The predicted octanol–water partition coefficient (Wildman–Crippen LogP) is 12.6. The molecule has 0 amide bonds. The van der Waals surface area contributed by atoms with E-state index in [1.165, 1.54) is 80.4 Å². The van der Waals surface area contributed by atoms with Crippen molar-refractivity contribution in [2.45, 2.75) is 110 Å². The molecule has 4 aliphatic rings. The molecule has 4 nitrogen and oxygen atoms in total. The average Bonchev–Trinajstić information content (AvgIpc) is 3.34. The quantitative estimate of drug-likeness (QED) is 0.166. The van der Waals surface area contributed by atoms with Crippen LogP contribution in [-0.4, -0.2) is 32.2 Å². The summed E-state index contributed by atoms with van der Waals surface area (Å²) in [4.78, 5) is 0. The molecule has 0 aromatic heterocycles. The number of alkyl halides is 6. The Kier molecular flexibility index (Phi) is 13.8. The largest absolute Gasteiger partial charge is 0.416 e. The van der Waals surface area contributed by atoms with E-state index in [-0.39, 0.29) is 30.3 Å². The van der Waals surface area contributed by atoms with Crippen molar-refractivity contribution in [2.24, 2.45) is 47.3 Å². The maximum Gasteiger partial charge on any atom is 0.416 e. The van der Waals surface area contributed by atoms with Gasteiger partial charge in [-0.2, -0.15) is 26.3 Å². The first-order valence-corrected chi connectivity index (χ1v) is 20.0. The monoisotopic (exact) mass is 778 g/mol. The topological polar surface area (TPSA) is 36.9 Å². The van der Waals surface area contributed by atoms with Crippen molar-refractivity contribution < 1.29 is 45.3 Å². The van der Waals surface area contributed by atoms with E-state index in [4.69, 9.17) is 18.9 Å². The maximum atomic E-state index is 13.1. The van der Waals surface area contributed by atoms with Gasteiger partial charge in [-0.05, 0) is 93.9 Å². The Labute approximate surface area is 324 Å². The summed E-state index contributed by atoms with van der Waals surface area (Å²) in [5.74, 6) is 1.60. The molecule has 2 heterocycles. The van der Waals surface area contributed by atoms with E-state index in [1.807, 2.05) is 6.92 Å². The molecule has 2 aliphatic carbocycles. The van der Waals surface area contributed by atoms with Crippen LogP contribution in [0.4, 0.5) is 26.3 Å². The summed E-state index contributed by atoms with van der Waals surface area (Å²) in [6.07, 6.45) is -0.472. The van der Waals surface area contributed by atoms with Crippen molar-refractivity contribution in [3.8, 4) is 0 Å². The standard InChI is InChI=1S/C26H44O2.C19H16F6O2/c1-17(2)22-10-8-9-20(6)24(13-22)26(27-15-19(5)16-28-26)25-14-23(18(3)4)12-11-21(25)7;1-12-10-26-17(27-11-12,13-4-2-6-15(8-13)18(20,21)22)14-5-3-7-16(9-14)19(23,24)25/h19-25H,1,3,8-16H2,2,4-7H3;2-9,12H,10-11H2,1H3. The van der Waals surface area contributed by atoms with Crippen molar-refractivity contribution >= 4 is 0 Å². The fourth-order valence-electron chi connectivity index (χ4n) is 9.13. The number of ether oxygens (including phenoxy) is 4. The number of hydrogen-bond acceptors (Lipinski definition) is 4. The van der Waals surface area contributed by atoms with Gasteiger partial charge >= 0.3 is 12.4 Å². The zero-order valence-corrected chi connectivity index (χ0v) is 33.3. The molecule has 0 spiro atoms. The molecule has 2 aromatic carbocycles. The molecule has 4 fully saturated rings. The summed E-state index contributed by atoms with van der Waals surface area (Å²) in [5, 5.41) is 0. The van der Waals surface area contributed by atoms with Gasteiger partial charge in [0, 0.05) is 34.8 Å². The summed E-state index contributed by atoms with van der Waals surface area (Å²) >= 11 is 0. The van der Waals surface area contributed by atoms with Crippen molar-refractivity contribution in [1.82, 2.24) is 0 Å². The number of hydrogen-bond donors (Lipinski definition) is 0. The predicted molar refractivity (Wildman–Crippen MR) is 203 cm³/mol. The molecule has 2 aliphatic heterocycles. The van der Waals surface area contributed by atoms with Gasteiger partial charge in [-0.3, -0.25) is 0 Å². The van der Waals surface area contributed by atoms with Crippen LogP contribution in [-0.2, 0) is 37.1 Å². The zero-order valence-electron chi connectivity index (χ0n) is 33.3. The highest BCUT2D eigenvalue weighted by atomic mass is 19.4. The fourth-order valence-corrected chi connectivity index (χ4v) is 9.13. The van der Waals surface area contributed by atoms with Gasteiger partial charge in [0.2, 0.25) is 5.79 Å². The molecule has 0 bridgehead atoms. The van der Waals surface area contributed by atoms with Gasteiger partial charge in [-0.15, -0.1) is 0 Å². The highest BCUT2D eigenvalue weighted by Crippen LogP contribution is 2.53. The Morgan fingerprint density at radius 1 is 0.600 bits per heavy atom. The van der Waals surface area contributed by atoms with E-state index >= 15 is 0 Å². The lowest BCUT2D eigenvalue weighted by Crippen LogP contribution is -2.58. The Bertz CT molecular complexity index is 1540. The van der Waals surface area contributed by atoms with Crippen LogP contribution in [0.25, 0.3) is 0 Å². The third-order valence-corrected chi connectivity index (χ3v) is 12.5. The molecule has 55 heavy (non-hydrogen) atoms. The molecule has 6 rings (SSSR count). The van der Waals surface area contributed by atoms with Crippen LogP contribution >= 0.6 is 0 Å². The molecule has 0 radical (unpaired) electrons. The number of allylic oxidation sites excluding steroid dienone is 2. The third kappa shape index (κ3) is 9.90. The zero-order chi connectivity index (χ0) is 40.3. The fraction of sp³-hybridized carbons (Fsp3) is 0.644. The summed E-state index contributed by atoms with van der Waals surface area (Å²) in [6, 6.07) is 8.52. The average molecular weight is 779 g/mol. The number of rotatable bonds is 6. The van der Waals surface area contributed by atoms with Gasteiger partial charge in [-0.25, -0.2) is 0 Å². The minimum absolute atomic E-state index is 0.0106. The van der Waals surface area contributed by atoms with Crippen molar-refractivity contribution in [3.05, 3.63) is 95.1 Å². The molecular formula is C45H60F6O4. The highest BCUT2D eigenvalue weighted by Gasteiger charge is 2.55. The Balaban J connectivity index is 0.000000211. The maximum absolute atomic E-state index is 13.1. The van der Waals surface area contributed by atoms with E-state index in [0.29, 0.717) is 41.4 Å². The van der Waals surface area contributed by atoms with Gasteiger partial charge < -0.3 is 18.9 Å². The summed E-state index contributed by atoms with van der Waals surface area (Å²) in [6.45, 7) is 23.9. The summed E-state index contributed by atoms with van der Waals surface area (Å²) < 4.78 is 104. The first-order valence-electron chi connectivity index (χ1n) is 20.0. The van der Waals surface area contributed by atoms with Crippen LogP contribution in [0, 0.1) is 47.3 Å². The van der Waals surface area contributed by atoms with Crippen molar-refractivity contribution in [3.63, 3.8) is 0 Å². The van der Waals surface area contributed by atoms with Gasteiger partial charge in [0.25, 0.3) is 0 Å². The lowest BCUT2D eigenvalue weighted by Gasteiger charge is -2.54. The second-order valence-corrected chi connectivity index (χ2v) is 17.2. The van der Waals surface area contributed by atoms with Gasteiger partial charge in [0.15, 0.2) is 5.79 Å². The van der Waals surface area contributed by atoms with Crippen LogP contribution in [0.15, 0.2) is 72.8 Å². The molecule has 10 heteroatoms. The summed E-state index contributed by atoms with van der Waals surface area (Å²) in [5.41, 5.74) is 0.793. The Hall–Kier alpha value is -2.66. The van der Waals surface area contributed by atoms with E-state index < -0.39 is 35.1 Å².